The number of halogens is 3. The van der Waals surface area contributed by atoms with E-state index in [2.05, 4.69) is 6.07 Å². The molecule has 0 unspecified atom stereocenters. The van der Waals surface area contributed by atoms with Gasteiger partial charge in [-0.25, -0.2) is 0 Å². The lowest BCUT2D eigenvalue weighted by Crippen LogP contribution is -1.99. The summed E-state index contributed by atoms with van der Waals surface area (Å²) in [5, 5.41) is 10.8. The first-order chi connectivity index (χ1) is 12.0. The molecule has 0 N–H and O–H groups in total. The molecule has 0 aliphatic heterocycles. The highest BCUT2D eigenvalue weighted by molar-refractivity contribution is 6.36. The van der Waals surface area contributed by atoms with Gasteiger partial charge in [-0.05, 0) is 42.3 Å². The number of hydrogen-bond acceptors (Lipinski definition) is 3. The molecule has 0 saturated heterocycles. The monoisotopic (exact) mass is 395 g/mol. The first kappa shape index (κ1) is 19.5. The quantitative estimate of drug-likeness (QED) is 0.413. The van der Waals surface area contributed by atoms with Crippen molar-refractivity contribution in [1.82, 2.24) is 0 Å². The van der Waals surface area contributed by atoms with Gasteiger partial charge in [-0.1, -0.05) is 47.8 Å². The molecule has 0 heterocycles. The summed E-state index contributed by atoms with van der Waals surface area (Å²) in [7, 11) is 1.54. The number of nitrogens with zero attached hydrogens (tertiary/aromatic N) is 1. The molecule has 0 saturated carbocycles. The van der Waals surface area contributed by atoms with Gasteiger partial charge in [-0.2, -0.15) is 5.26 Å². The predicted octanol–water partition coefficient (Wildman–Crippen LogP) is 6.51. The van der Waals surface area contributed by atoms with Crippen molar-refractivity contribution >= 4 is 46.5 Å². The summed E-state index contributed by atoms with van der Waals surface area (Å²) >= 11 is 18.4. The molecule has 6 heteroatoms. The maximum Gasteiger partial charge on any atom is 0.179 e. The Morgan fingerprint density at radius 3 is 2.52 bits per heavy atom. The van der Waals surface area contributed by atoms with Crippen molar-refractivity contribution in [3.8, 4) is 17.6 Å². The van der Waals surface area contributed by atoms with Crippen LogP contribution in [0.2, 0.25) is 15.1 Å². The average molecular weight is 397 g/mol. The Kier molecular flexibility index (Phi) is 7.01. The highest BCUT2D eigenvalue weighted by atomic mass is 35.5. The zero-order valence-corrected chi connectivity index (χ0v) is 16.0. The molecule has 0 radical (unpaired) electrons. The Balaban J connectivity index is 2.47. The van der Waals surface area contributed by atoms with Gasteiger partial charge < -0.3 is 9.47 Å². The number of rotatable bonds is 6. The second-order valence-electron chi connectivity index (χ2n) is 5.18. The molecule has 0 bridgehead atoms. The van der Waals surface area contributed by atoms with E-state index in [1.165, 1.54) is 0 Å². The van der Waals surface area contributed by atoms with Gasteiger partial charge in [0.15, 0.2) is 11.5 Å². The molecular weight excluding hydrogens is 381 g/mol. The fourth-order valence-corrected chi connectivity index (χ4v) is 3.00. The van der Waals surface area contributed by atoms with E-state index >= 15 is 0 Å². The molecule has 0 amide bonds. The predicted molar refractivity (Wildman–Crippen MR) is 104 cm³/mol. The molecule has 3 nitrogen and oxygen atoms in total. The lowest BCUT2D eigenvalue weighted by molar-refractivity contribution is 0.294. The van der Waals surface area contributed by atoms with E-state index in [4.69, 9.17) is 44.3 Å². The van der Waals surface area contributed by atoms with Crippen molar-refractivity contribution in [3.05, 3.63) is 56.5 Å². The van der Waals surface area contributed by atoms with Crippen molar-refractivity contribution in [3.63, 3.8) is 0 Å². The van der Waals surface area contributed by atoms with Gasteiger partial charge in [-0.3, -0.25) is 0 Å². The first-order valence-corrected chi connectivity index (χ1v) is 8.71. The van der Waals surface area contributed by atoms with Crippen molar-refractivity contribution in [2.75, 3.05) is 13.7 Å². The zero-order valence-electron chi connectivity index (χ0n) is 13.8. The molecule has 2 aromatic rings. The molecule has 2 rings (SSSR count). The summed E-state index contributed by atoms with van der Waals surface area (Å²) in [5.41, 5.74) is 1.69. The summed E-state index contributed by atoms with van der Waals surface area (Å²) in [6.45, 7) is 2.54. The largest absolute Gasteiger partial charge is 0.493 e. The Hall–Kier alpha value is -1.86. The van der Waals surface area contributed by atoms with E-state index < -0.39 is 0 Å². The minimum Gasteiger partial charge on any atom is -0.493 e. The second-order valence-corrected chi connectivity index (χ2v) is 6.43. The highest BCUT2D eigenvalue weighted by Gasteiger charge is 2.13. The van der Waals surface area contributed by atoms with Gasteiger partial charge in [-0.15, -0.1) is 0 Å². The minimum absolute atomic E-state index is 0.391. The van der Waals surface area contributed by atoms with Crippen LogP contribution in [-0.4, -0.2) is 13.7 Å². The number of nitriles is 1. The minimum atomic E-state index is 0.391. The topological polar surface area (TPSA) is 42.2 Å². The number of benzene rings is 2. The normalized spacial score (nSPS) is 11.1. The number of ether oxygens (including phenoxy) is 2. The van der Waals surface area contributed by atoms with Crippen LogP contribution in [0.1, 0.15) is 24.5 Å². The fraction of sp³-hybridized carbons (Fsp3) is 0.211. The molecule has 2 aromatic carbocycles. The average Bonchev–Trinajstić information content (AvgIpc) is 2.58. The Bertz CT molecular complexity index is 841. The van der Waals surface area contributed by atoms with Gasteiger partial charge in [0.05, 0.1) is 35.4 Å². The summed E-state index contributed by atoms with van der Waals surface area (Å²) < 4.78 is 11.0. The Morgan fingerprint density at radius 1 is 1.16 bits per heavy atom. The standard InChI is InChI=1S/C19H16Cl3NO2/c1-3-6-25-19-17(22)8-12(9-18(19)24-2)7-13(11-23)15-5-4-14(20)10-16(15)21/h4-5,7-10H,3,6H2,1-2H3/b13-7+. The molecule has 25 heavy (non-hydrogen) atoms. The Labute approximate surface area is 162 Å². The van der Waals surface area contributed by atoms with Crippen LogP contribution in [-0.2, 0) is 0 Å². The van der Waals surface area contributed by atoms with Gasteiger partial charge in [0.1, 0.15) is 0 Å². The van der Waals surface area contributed by atoms with E-state index in [1.807, 2.05) is 6.92 Å². The zero-order chi connectivity index (χ0) is 18.4. The van der Waals surface area contributed by atoms with Crippen LogP contribution >= 0.6 is 34.8 Å². The van der Waals surface area contributed by atoms with Crippen LogP contribution in [0.15, 0.2) is 30.3 Å². The van der Waals surface area contributed by atoms with E-state index in [-0.39, 0.29) is 0 Å². The summed E-state index contributed by atoms with van der Waals surface area (Å²) in [4.78, 5) is 0. The molecule has 130 valence electrons. The molecule has 0 aromatic heterocycles. The maximum absolute atomic E-state index is 9.50. The highest BCUT2D eigenvalue weighted by Crippen LogP contribution is 2.38. The van der Waals surface area contributed by atoms with Crippen LogP contribution in [0.25, 0.3) is 11.6 Å². The van der Waals surface area contributed by atoms with E-state index in [1.54, 1.807) is 43.5 Å². The number of hydrogen-bond donors (Lipinski definition) is 0. The Morgan fingerprint density at radius 2 is 1.92 bits per heavy atom. The number of methoxy groups -OCH3 is 1. The summed E-state index contributed by atoms with van der Waals surface area (Å²) in [5.74, 6) is 0.998. The van der Waals surface area contributed by atoms with Gasteiger partial charge in [0.2, 0.25) is 0 Å². The van der Waals surface area contributed by atoms with Crippen LogP contribution in [0.4, 0.5) is 0 Å². The van der Waals surface area contributed by atoms with Gasteiger partial charge in [0.25, 0.3) is 0 Å². The molecule has 0 fully saturated rings. The van der Waals surface area contributed by atoms with Crippen molar-refractivity contribution in [2.24, 2.45) is 0 Å². The maximum atomic E-state index is 9.50. The van der Waals surface area contributed by atoms with E-state index in [0.29, 0.717) is 49.9 Å². The van der Waals surface area contributed by atoms with Crippen LogP contribution in [0.5, 0.6) is 11.5 Å². The molecule has 0 aliphatic carbocycles. The fourth-order valence-electron chi connectivity index (χ4n) is 2.21. The van der Waals surface area contributed by atoms with Crippen LogP contribution < -0.4 is 9.47 Å². The number of allylic oxidation sites excluding steroid dienone is 1. The van der Waals surface area contributed by atoms with Crippen LogP contribution in [0, 0.1) is 11.3 Å². The van der Waals surface area contributed by atoms with Gasteiger partial charge in [0, 0.05) is 10.6 Å². The van der Waals surface area contributed by atoms with Crippen LogP contribution in [0.3, 0.4) is 0 Å². The molecule has 0 atom stereocenters. The molecular formula is C19H16Cl3NO2. The smallest absolute Gasteiger partial charge is 0.179 e. The third-order valence-corrected chi connectivity index (χ3v) is 4.18. The van der Waals surface area contributed by atoms with Crippen molar-refractivity contribution in [1.29, 1.82) is 5.26 Å². The summed E-state index contributed by atoms with van der Waals surface area (Å²) in [6.07, 6.45) is 2.54. The lowest BCUT2D eigenvalue weighted by Gasteiger charge is -2.13. The third kappa shape index (κ3) is 4.83. The van der Waals surface area contributed by atoms with E-state index in [0.717, 1.165) is 6.42 Å². The first-order valence-electron chi connectivity index (χ1n) is 7.57. The SMILES string of the molecule is CCCOc1c(Cl)cc(/C=C(\C#N)c2ccc(Cl)cc2Cl)cc1OC. The summed E-state index contributed by atoms with van der Waals surface area (Å²) in [6, 6.07) is 10.6. The molecule has 0 spiro atoms. The van der Waals surface area contributed by atoms with Crippen molar-refractivity contribution in [2.45, 2.75) is 13.3 Å². The second kappa shape index (κ2) is 9.01. The van der Waals surface area contributed by atoms with Crippen molar-refractivity contribution < 1.29 is 9.47 Å². The van der Waals surface area contributed by atoms with E-state index in [9.17, 15) is 5.26 Å². The third-order valence-electron chi connectivity index (χ3n) is 3.36. The lowest BCUT2D eigenvalue weighted by atomic mass is 10.0. The molecule has 0 aliphatic rings. The van der Waals surface area contributed by atoms with Gasteiger partial charge >= 0.3 is 0 Å².